The summed E-state index contributed by atoms with van der Waals surface area (Å²) >= 11 is 7.16. The fourth-order valence-corrected chi connectivity index (χ4v) is 2.05. The number of nitrogens with one attached hydrogen (secondary N) is 1. The molecule has 0 aliphatic rings. The molecule has 106 valence electrons. The SMILES string of the molecule is CN(CCOc1ccc(Cl)cc1)C(=O)Nc1nccs1. The first kappa shape index (κ1) is 14.6. The average molecular weight is 312 g/mol. The number of urea groups is 1. The van der Waals surface area contributed by atoms with Crippen LogP contribution in [0.4, 0.5) is 9.93 Å². The first-order chi connectivity index (χ1) is 9.65. The number of aromatic nitrogens is 1. The Morgan fingerprint density at radius 2 is 2.20 bits per heavy atom. The smallest absolute Gasteiger partial charge is 0.323 e. The average Bonchev–Trinajstić information content (AvgIpc) is 2.93. The number of likely N-dealkylation sites (N-methyl/N-ethyl adjacent to an activating group) is 1. The molecule has 0 saturated carbocycles. The number of hydrogen-bond acceptors (Lipinski definition) is 4. The second-order valence-electron chi connectivity index (χ2n) is 3.99. The third kappa shape index (κ3) is 4.40. The number of rotatable bonds is 5. The first-order valence-electron chi connectivity index (χ1n) is 5.95. The molecular formula is C13H14ClN3O2S. The number of halogens is 1. The maximum absolute atomic E-state index is 11.8. The molecular weight excluding hydrogens is 298 g/mol. The molecule has 2 rings (SSSR count). The molecule has 0 bridgehead atoms. The van der Waals surface area contributed by atoms with Crippen LogP contribution in [-0.4, -0.2) is 36.1 Å². The van der Waals surface area contributed by atoms with E-state index < -0.39 is 0 Å². The summed E-state index contributed by atoms with van der Waals surface area (Å²) in [7, 11) is 1.70. The van der Waals surface area contributed by atoms with Crippen molar-refractivity contribution in [1.82, 2.24) is 9.88 Å². The molecule has 0 atom stereocenters. The zero-order valence-corrected chi connectivity index (χ0v) is 12.4. The summed E-state index contributed by atoms with van der Waals surface area (Å²) < 4.78 is 5.52. The van der Waals surface area contributed by atoms with Gasteiger partial charge >= 0.3 is 6.03 Å². The summed E-state index contributed by atoms with van der Waals surface area (Å²) in [6.07, 6.45) is 1.64. The van der Waals surface area contributed by atoms with Crippen LogP contribution < -0.4 is 10.1 Å². The van der Waals surface area contributed by atoms with Crippen LogP contribution in [0.25, 0.3) is 0 Å². The largest absolute Gasteiger partial charge is 0.492 e. The van der Waals surface area contributed by atoms with Crippen molar-refractivity contribution >= 4 is 34.1 Å². The van der Waals surface area contributed by atoms with Gasteiger partial charge in [0.05, 0.1) is 6.54 Å². The van der Waals surface area contributed by atoms with Crippen molar-refractivity contribution in [3.8, 4) is 5.75 Å². The van der Waals surface area contributed by atoms with E-state index in [4.69, 9.17) is 16.3 Å². The van der Waals surface area contributed by atoms with E-state index in [0.29, 0.717) is 23.3 Å². The summed E-state index contributed by atoms with van der Waals surface area (Å²) in [5.41, 5.74) is 0. The number of ether oxygens (including phenoxy) is 1. The summed E-state index contributed by atoms with van der Waals surface area (Å²) in [4.78, 5) is 17.3. The molecule has 0 saturated heterocycles. The Balaban J connectivity index is 1.73. The number of amides is 2. The van der Waals surface area contributed by atoms with E-state index in [1.54, 1.807) is 42.9 Å². The fraction of sp³-hybridized carbons (Fsp3) is 0.231. The molecule has 0 unspecified atom stereocenters. The van der Waals surface area contributed by atoms with Gasteiger partial charge in [0.1, 0.15) is 12.4 Å². The van der Waals surface area contributed by atoms with Crippen LogP contribution in [0, 0.1) is 0 Å². The molecule has 1 aromatic heterocycles. The number of benzene rings is 1. The minimum Gasteiger partial charge on any atom is -0.492 e. The van der Waals surface area contributed by atoms with Gasteiger partial charge < -0.3 is 9.64 Å². The van der Waals surface area contributed by atoms with Gasteiger partial charge in [-0.1, -0.05) is 11.6 Å². The van der Waals surface area contributed by atoms with Gasteiger partial charge in [0, 0.05) is 23.6 Å². The predicted octanol–water partition coefficient (Wildman–Crippen LogP) is 3.34. The first-order valence-corrected chi connectivity index (χ1v) is 7.21. The quantitative estimate of drug-likeness (QED) is 0.921. The van der Waals surface area contributed by atoms with E-state index in [1.807, 2.05) is 0 Å². The maximum atomic E-state index is 11.8. The zero-order chi connectivity index (χ0) is 14.4. The lowest BCUT2D eigenvalue weighted by Gasteiger charge is -2.17. The number of carbonyl (C=O) groups excluding carboxylic acids is 1. The van der Waals surface area contributed by atoms with Gasteiger partial charge in [-0.25, -0.2) is 9.78 Å². The third-order valence-electron chi connectivity index (χ3n) is 2.50. The number of anilines is 1. The molecule has 0 radical (unpaired) electrons. The molecule has 2 amide bonds. The molecule has 7 heteroatoms. The lowest BCUT2D eigenvalue weighted by Crippen LogP contribution is -2.34. The van der Waals surface area contributed by atoms with Crippen molar-refractivity contribution in [2.75, 3.05) is 25.5 Å². The van der Waals surface area contributed by atoms with Crippen LogP contribution in [0.2, 0.25) is 5.02 Å². The number of carbonyl (C=O) groups is 1. The molecule has 1 heterocycles. The molecule has 5 nitrogen and oxygen atoms in total. The highest BCUT2D eigenvalue weighted by atomic mass is 35.5. The van der Waals surface area contributed by atoms with E-state index in [0.717, 1.165) is 5.75 Å². The lowest BCUT2D eigenvalue weighted by molar-refractivity contribution is 0.207. The number of thiazole rings is 1. The van der Waals surface area contributed by atoms with Crippen LogP contribution in [0.1, 0.15) is 0 Å². The molecule has 20 heavy (non-hydrogen) atoms. The highest BCUT2D eigenvalue weighted by Crippen LogP contribution is 2.15. The Labute approximate surface area is 126 Å². The minimum atomic E-state index is -0.209. The van der Waals surface area contributed by atoms with E-state index in [-0.39, 0.29) is 6.03 Å². The molecule has 2 aromatic rings. The second kappa shape index (κ2) is 7.12. The van der Waals surface area contributed by atoms with Crippen LogP contribution in [-0.2, 0) is 0 Å². The summed E-state index contributed by atoms with van der Waals surface area (Å²) in [6.45, 7) is 0.878. The number of nitrogens with zero attached hydrogens (tertiary/aromatic N) is 2. The Hall–Kier alpha value is -1.79. The van der Waals surface area contributed by atoms with Crippen molar-refractivity contribution in [3.63, 3.8) is 0 Å². The fourth-order valence-electron chi connectivity index (χ4n) is 1.40. The Bertz CT molecular complexity index is 545. The molecule has 0 fully saturated rings. The van der Waals surface area contributed by atoms with Crippen LogP contribution in [0.3, 0.4) is 0 Å². The van der Waals surface area contributed by atoms with Gasteiger partial charge in [-0.05, 0) is 24.3 Å². The van der Waals surface area contributed by atoms with Gasteiger partial charge in [-0.2, -0.15) is 0 Å². The normalized spacial score (nSPS) is 10.1. The van der Waals surface area contributed by atoms with Crippen LogP contribution >= 0.6 is 22.9 Å². The van der Waals surface area contributed by atoms with E-state index in [9.17, 15) is 4.79 Å². The van der Waals surface area contributed by atoms with Crippen molar-refractivity contribution in [2.24, 2.45) is 0 Å². The Morgan fingerprint density at radius 1 is 1.45 bits per heavy atom. The van der Waals surface area contributed by atoms with Gasteiger partial charge in [0.15, 0.2) is 5.13 Å². The van der Waals surface area contributed by atoms with Crippen molar-refractivity contribution in [2.45, 2.75) is 0 Å². The van der Waals surface area contributed by atoms with Gasteiger partial charge in [-0.15, -0.1) is 11.3 Å². The van der Waals surface area contributed by atoms with Crippen LogP contribution in [0.15, 0.2) is 35.8 Å². The lowest BCUT2D eigenvalue weighted by atomic mass is 10.3. The predicted molar refractivity (Wildman–Crippen MR) is 80.7 cm³/mol. The van der Waals surface area contributed by atoms with E-state index in [1.165, 1.54) is 16.2 Å². The topological polar surface area (TPSA) is 54.5 Å². The van der Waals surface area contributed by atoms with Gasteiger partial charge in [-0.3, -0.25) is 5.32 Å². The standard InChI is InChI=1S/C13H14ClN3O2S/c1-17(13(18)16-12-15-6-9-20-12)7-8-19-11-4-2-10(14)3-5-11/h2-6,9H,7-8H2,1H3,(H,15,16,18). The maximum Gasteiger partial charge on any atom is 0.323 e. The molecule has 0 aliphatic carbocycles. The Morgan fingerprint density at radius 3 is 2.85 bits per heavy atom. The molecule has 1 aromatic carbocycles. The summed E-state index contributed by atoms with van der Waals surface area (Å²) in [5, 5.41) is 5.75. The molecule has 1 N–H and O–H groups in total. The highest BCUT2D eigenvalue weighted by molar-refractivity contribution is 7.13. The van der Waals surface area contributed by atoms with E-state index in [2.05, 4.69) is 10.3 Å². The van der Waals surface area contributed by atoms with E-state index >= 15 is 0 Å². The van der Waals surface area contributed by atoms with Crippen molar-refractivity contribution < 1.29 is 9.53 Å². The van der Waals surface area contributed by atoms with Crippen LogP contribution in [0.5, 0.6) is 5.75 Å². The van der Waals surface area contributed by atoms with Crippen molar-refractivity contribution in [3.05, 3.63) is 40.9 Å². The molecule has 0 spiro atoms. The summed E-state index contributed by atoms with van der Waals surface area (Å²) in [5.74, 6) is 0.725. The second-order valence-corrected chi connectivity index (χ2v) is 5.32. The minimum absolute atomic E-state index is 0.209. The molecule has 0 aliphatic heterocycles. The Kier molecular flexibility index (Phi) is 5.20. The van der Waals surface area contributed by atoms with Crippen molar-refractivity contribution in [1.29, 1.82) is 0 Å². The third-order valence-corrected chi connectivity index (χ3v) is 3.44. The monoisotopic (exact) mass is 311 g/mol. The van der Waals surface area contributed by atoms with Gasteiger partial charge in [0.2, 0.25) is 0 Å². The highest BCUT2D eigenvalue weighted by Gasteiger charge is 2.09. The number of hydrogen-bond donors (Lipinski definition) is 1. The summed E-state index contributed by atoms with van der Waals surface area (Å²) in [6, 6.07) is 6.89. The van der Waals surface area contributed by atoms with Gasteiger partial charge in [0.25, 0.3) is 0 Å². The zero-order valence-electron chi connectivity index (χ0n) is 10.9.